The molecule has 0 saturated carbocycles. The number of hydrogen-bond donors (Lipinski definition) is 1. The van der Waals surface area contributed by atoms with E-state index in [1.165, 1.54) is 9.75 Å². The predicted octanol–water partition coefficient (Wildman–Crippen LogP) is 3.79. The van der Waals surface area contributed by atoms with Crippen LogP contribution >= 0.6 is 22.7 Å². The SMILES string of the molecule is CCCNc1ncc(COCCc2cccs2)s1. The molecule has 2 rings (SSSR count). The number of hydrogen-bond acceptors (Lipinski definition) is 5. The molecule has 0 aromatic carbocycles. The average Bonchev–Trinajstić information content (AvgIpc) is 3.04. The standard InChI is InChI=1S/C13H18N2OS2/c1-2-6-14-13-15-9-12(18-13)10-16-7-5-11-4-3-8-17-11/h3-4,8-9H,2,5-7,10H2,1H3,(H,14,15). The van der Waals surface area contributed by atoms with Gasteiger partial charge in [-0.1, -0.05) is 24.3 Å². The lowest BCUT2D eigenvalue weighted by molar-refractivity contribution is 0.126. The molecule has 0 saturated heterocycles. The zero-order valence-corrected chi connectivity index (χ0v) is 12.1. The summed E-state index contributed by atoms with van der Waals surface area (Å²) in [6.07, 6.45) is 4.01. The number of anilines is 1. The van der Waals surface area contributed by atoms with E-state index in [1.54, 1.807) is 22.7 Å². The van der Waals surface area contributed by atoms with Gasteiger partial charge in [-0.25, -0.2) is 4.98 Å². The largest absolute Gasteiger partial charge is 0.375 e. The summed E-state index contributed by atoms with van der Waals surface area (Å²) in [5, 5.41) is 6.38. The van der Waals surface area contributed by atoms with Gasteiger partial charge in [-0.2, -0.15) is 0 Å². The number of nitrogens with one attached hydrogen (secondary N) is 1. The van der Waals surface area contributed by atoms with E-state index in [-0.39, 0.29) is 0 Å². The summed E-state index contributed by atoms with van der Waals surface area (Å²) in [7, 11) is 0. The van der Waals surface area contributed by atoms with Crippen LogP contribution in [0.25, 0.3) is 0 Å². The Bertz CT molecular complexity index is 440. The lowest BCUT2D eigenvalue weighted by atomic mass is 10.4. The van der Waals surface area contributed by atoms with Crippen molar-refractivity contribution in [2.45, 2.75) is 26.4 Å². The van der Waals surface area contributed by atoms with E-state index in [0.717, 1.165) is 31.1 Å². The fourth-order valence-corrected chi connectivity index (χ4v) is 2.95. The van der Waals surface area contributed by atoms with E-state index in [2.05, 4.69) is 34.7 Å². The normalized spacial score (nSPS) is 10.7. The van der Waals surface area contributed by atoms with Crippen molar-refractivity contribution in [2.75, 3.05) is 18.5 Å². The summed E-state index contributed by atoms with van der Waals surface area (Å²) in [5.41, 5.74) is 0. The van der Waals surface area contributed by atoms with Gasteiger partial charge in [0.05, 0.1) is 18.1 Å². The van der Waals surface area contributed by atoms with Gasteiger partial charge < -0.3 is 10.1 Å². The van der Waals surface area contributed by atoms with Crippen molar-refractivity contribution in [1.82, 2.24) is 4.98 Å². The van der Waals surface area contributed by atoms with Crippen LogP contribution in [-0.2, 0) is 17.8 Å². The van der Waals surface area contributed by atoms with Crippen LogP contribution in [0.2, 0.25) is 0 Å². The minimum Gasteiger partial charge on any atom is -0.375 e. The number of nitrogens with zero attached hydrogens (tertiary/aromatic N) is 1. The quantitative estimate of drug-likeness (QED) is 0.748. The Morgan fingerprint density at radius 1 is 1.39 bits per heavy atom. The first-order valence-electron chi connectivity index (χ1n) is 6.17. The lowest BCUT2D eigenvalue weighted by Crippen LogP contribution is -1.98. The van der Waals surface area contributed by atoms with E-state index < -0.39 is 0 Å². The summed E-state index contributed by atoms with van der Waals surface area (Å²) < 4.78 is 5.66. The number of thiophene rings is 1. The molecule has 2 heterocycles. The van der Waals surface area contributed by atoms with Gasteiger partial charge in [0.1, 0.15) is 0 Å². The second-order valence-electron chi connectivity index (χ2n) is 3.94. The first-order chi connectivity index (χ1) is 8.88. The summed E-state index contributed by atoms with van der Waals surface area (Å²) in [5.74, 6) is 0. The third-order valence-corrected chi connectivity index (χ3v) is 4.26. The third kappa shape index (κ3) is 4.40. The second-order valence-corrected chi connectivity index (χ2v) is 6.09. The fraction of sp³-hybridized carbons (Fsp3) is 0.462. The van der Waals surface area contributed by atoms with Crippen molar-refractivity contribution in [1.29, 1.82) is 0 Å². The molecule has 0 amide bonds. The predicted molar refractivity (Wildman–Crippen MR) is 78.6 cm³/mol. The highest BCUT2D eigenvalue weighted by molar-refractivity contribution is 7.15. The Morgan fingerprint density at radius 3 is 3.11 bits per heavy atom. The molecule has 0 aliphatic rings. The van der Waals surface area contributed by atoms with Gasteiger partial charge in [0.15, 0.2) is 5.13 Å². The molecular weight excluding hydrogens is 264 g/mol. The van der Waals surface area contributed by atoms with Crippen LogP contribution in [0.15, 0.2) is 23.7 Å². The minimum absolute atomic E-state index is 0.664. The molecule has 1 N–H and O–H groups in total. The highest BCUT2D eigenvalue weighted by Gasteiger charge is 2.01. The van der Waals surface area contributed by atoms with Gasteiger partial charge in [-0.05, 0) is 17.9 Å². The first kappa shape index (κ1) is 13.5. The Kier molecular flexibility index (Phi) is 5.64. The van der Waals surface area contributed by atoms with Crippen molar-refractivity contribution in [2.24, 2.45) is 0 Å². The molecular formula is C13H18N2OS2. The van der Waals surface area contributed by atoms with Crippen molar-refractivity contribution in [3.05, 3.63) is 33.5 Å². The molecule has 18 heavy (non-hydrogen) atoms. The summed E-state index contributed by atoms with van der Waals surface area (Å²) in [6, 6.07) is 4.22. The minimum atomic E-state index is 0.664. The smallest absolute Gasteiger partial charge is 0.182 e. The van der Waals surface area contributed by atoms with Gasteiger partial charge >= 0.3 is 0 Å². The zero-order chi connectivity index (χ0) is 12.6. The van der Waals surface area contributed by atoms with Crippen molar-refractivity contribution in [3.8, 4) is 0 Å². The Hall–Kier alpha value is -0.910. The van der Waals surface area contributed by atoms with Crippen molar-refractivity contribution in [3.63, 3.8) is 0 Å². The molecule has 2 aromatic heterocycles. The van der Waals surface area contributed by atoms with Crippen LogP contribution in [0.3, 0.4) is 0 Å². The van der Waals surface area contributed by atoms with Crippen LogP contribution in [-0.4, -0.2) is 18.1 Å². The van der Waals surface area contributed by atoms with Crippen molar-refractivity contribution < 1.29 is 4.74 Å². The number of ether oxygens (including phenoxy) is 1. The van der Waals surface area contributed by atoms with Gasteiger partial charge in [-0.3, -0.25) is 0 Å². The van der Waals surface area contributed by atoms with Crippen LogP contribution in [0.4, 0.5) is 5.13 Å². The van der Waals surface area contributed by atoms with Gasteiger partial charge in [-0.15, -0.1) is 11.3 Å². The fourth-order valence-electron chi connectivity index (χ4n) is 1.49. The number of thiazole rings is 1. The molecule has 0 aliphatic carbocycles. The summed E-state index contributed by atoms with van der Waals surface area (Å²) in [6.45, 7) is 4.56. The van der Waals surface area contributed by atoms with E-state index >= 15 is 0 Å². The molecule has 2 aromatic rings. The maximum absolute atomic E-state index is 5.66. The first-order valence-corrected chi connectivity index (χ1v) is 7.87. The maximum atomic E-state index is 5.66. The highest BCUT2D eigenvalue weighted by atomic mass is 32.1. The molecule has 0 radical (unpaired) electrons. The van der Waals surface area contributed by atoms with Crippen molar-refractivity contribution >= 4 is 27.8 Å². The van der Waals surface area contributed by atoms with Crippen LogP contribution < -0.4 is 5.32 Å². The molecule has 0 atom stereocenters. The van der Waals surface area contributed by atoms with Gasteiger partial charge in [0.25, 0.3) is 0 Å². The molecule has 5 heteroatoms. The van der Waals surface area contributed by atoms with Crippen LogP contribution in [0.1, 0.15) is 23.1 Å². The third-order valence-electron chi connectivity index (χ3n) is 2.40. The van der Waals surface area contributed by atoms with E-state index in [9.17, 15) is 0 Å². The number of aromatic nitrogens is 1. The summed E-state index contributed by atoms with van der Waals surface area (Å²) >= 11 is 3.46. The van der Waals surface area contributed by atoms with Gasteiger partial charge in [0, 0.05) is 24.0 Å². The Labute approximate surface area is 116 Å². The molecule has 0 bridgehead atoms. The molecule has 0 unspecified atom stereocenters. The Morgan fingerprint density at radius 2 is 2.33 bits per heavy atom. The molecule has 0 fully saturated rings. The monoisotopic (exact) mass is 282 g/mol. The summed E-state index contributed by atoms with van der Waals surface area (Å²) in [4.78, 5) is 6.87. The van der Waals surface area contributed by atoms with Crippen LogP contribution in [0, 0.1) is 0 Å². The zero-order valence-electron chi connectivity index (χ0n) is 10.5. The maximum Gasteiger partial charge on any atom is 0.182 e. The molecule has 98 valence electrons. The highest BCUT2D eigenvalue weighted by Crippen LogP contribution is 2.19. The van der Waals surface area contributed by atoms with Crippen LogP contribution in [0.5, 0.6) is 0 Å². The van der Waals surface area contributed by atoms with E-state index in [0.29, 0.717) is 6.61 Å². The lowest BCUT2D eigenvalue weighted by Gasteiger charge is -2.00. The molecule has 3 nitrogen and oxygen atoms in total. The Balaban J connectivity index is 1.65. The second kappa shape index (κ2) is 7.51. The topological polar surface area (TPSA) is 34.2 Å². The van der Waals surface area contributed by atoms with E-state index in [1.807, 2.05) is 6.20 Å². The number of rotatable bonds is 8. The van der Waals surface area contributed by atoms with Gasteiger partial charge in [0.2, 0.25) is 0 Å². The van der Waals surface area contributed by atoms with E-state index in [4.69, 9.17) is 4.74 Å². The average molecular weight is 282 g/mol. The molecule has 0 spiro atoms. The molecule has 0 aliphatic heterocycles.